The third-order valence-electron chi connectivity index (χ3n) is 0. The van der Waals surface area contributed by atoms with Gasteiger partial charge in [0.1, 0.15) is 0 Å². The summed E-state index contributed by atoms with van der Waals surface area (Å²) in [5, 5.41) is 21.1. The van der Waals surface area contributed by atoms with Gasteiger partial charge in [0, 0.05) is 14.2 Å². The van der Waals surface area contributed by atoms with Gasteiger partial charge in [-0.05, 0) is 0 Å². The molecule has 0 saturated carbocycles. The molecule has 0 amide bonds. The van der Waals surface area contributed by atoms with Crippen molar-refractivity contribution in [3.05, 3.63) is 0 Å². The van der Waals surface area contributed by atoms with E-state index >= 15 is 0 Å². The minimum atomic E-state index is 0.750. The summed E-state index contributed by atoms with van der Waals surface area (Å²) in [4.78, 5) is 3.25. The van der Waals surface area contributed by atoms with Gasteiger partial charge >= 0.3 is 23.7 Å². The number of hydrogen-bond acceptors (Lipinski definition) is 6. The van der Waals surface area contributed by atoms with Gasteiger partial charge in [-0.2, -0.15) is 0 Å². The fourth-order valence-electron chi connectivity index (χ4n) is 0. The second kappa shape index (κ2) is 380. The molecule has 0 heterocycles. The quantitative estimate of drug-likeness (QED) is 0.249. The van der Waals surface area contributed by atoms with Gasteiger partial charge in [-0.1, -0.05) is 0 Å². The Hall–Kier alpha value is 0.604. The van der Waals surface area contributed by atoms with Crippen LogP contribution in [-0.4, -0.2) is 41.5 Å². The normalized spacial score (nSPS) is 3.55. The molecule has 0 saturated heterocycles. The van der Waals surface area contributed by atoms with Gasteiger partial charge in [0.05, 0.1) is 19.0 Å². The molecule has 0 aromatic heterocycles. The third-order valence-corrected chi connectivity index (χ3v) is 0. The summed E-state index contributed by atoms with van der Waals surface area (Å²) in [5.41, 5.74) is 0. The van der Waals surface area contributed by atoms with E-state index in [1.807, 2.05) is 0 Å². The predicted octanol–water partition coefficient (Wildman–Crippen LogP) is -0.666. The van der Waals surface area contributed by atoms with Crippen molar-refractivity contribution in [2.24, 2.45) is 0 Å². The van der Waals surface area contributed by atoms with E-state index in [1.54, 1.807) is 0 Å². The van der Waals surface area contributed by atoms with Crippen molar-refractivity contribution in [1.82, 2.24) is 0 Å². The van der Waals surface area contributed by atoms with Crippen LogP contribution in [0.4, 0.5) is 0 Å². The number of rotatable bonds is 0. The molecule has 8 heteroatoms. The molecule has 0 radical (unpaired) electrons. The minimum absolute atomic E-state index is 0.750. The van der Waals surface area contributed by atoms with Crippen LogP contribution < -0.4 is 0 Å². The van der Waals surface area contributed by atoms with E-state index in [-0.39, 0.29) is 0 Å². The van der Waals surface area contributed by atoms with E-state index in [9.17, 15) is 0 Å². The average Bonchev–Trinajstić information content (AvgIpc) is 2.18. The van der Waals surface area contributed by atoms with Crippen LogP contribution >= 0.6 is 11.9 Å². The van der Waals surface area contributed by atoms with Crippen LogP contribution in [0.15, 0.2) is 0 Å². The Kier molecular flexibility index (Phi) is 1030. The Balaban J connectivity index is -0.0000000139. The maximum atomic E-state index is 8.25. The van der Waals surface area contributed by atoms with Crippen molar-refractivity contribution < 1.29 is 48.7 Å². The molecule has 0 spiro atoms. The van der Waals surface area contributed by atoms with Crippen LogP contribution in [0, 0.1) is 0 Å². The molecule has 0 fully saturated rings. The molecule has 0 aromatic rings. The van der Waals surface area contributed by atoms with Crippen LogP contribution in [0.25, 0.3) is 0 Å². The Bertz CT molecular complexity index is 21.8. The van der Waals surface area contributed by atoms with E-state index in [0.717, 1.165) is 34.6 Å². The van der Waals surface area contributed by atoms with Crippen molar-refractivity contribution in [3.63, 3.8) is 0 Å². The summed E-state index contributed by atoms with van der Waals surface area (Å²) in [7, 11) is 3.18. The first-order valence-electron chi connectivity index (χ1n) is 1.86. The van der Waals surface area contributed by atoms with E-state index < -0.39 is 0 Å². The monoisotopic (exact) mass is 228 g/mol. The molecule has 6 nitrogen and oxygen atoms in total. The molecular weight excluding hydrogens is 215 g/mol. The molecule has 72 valence electrons. The molecule has 0 aliphatic carbocycles. The number of hydrogen-bond donors (Lipinski definition) is 4. The maximum absolute atomic E-state index is 8.25. The summed E-state index contributed by atoms with van der Waals surface area (Å²) >= 11 is 4.39. The summed E-state index contributed by atoms with van der Waals surface area (Å²) < 4.78 is 14.7. The number of halogens is 1. The Morgan fingerprint density at radius 1 is 1.09 bits per heavy atom. The van der Waals surface area contributed by atoms with Crippen LogP contribution in [-0.2, 0) is 28.6 Å². The predicted molar refractivity (Wildman–Crippen MR) is 34.7 cm³/mol. The van der Waals surface area contributed by atoms with Crippen molar-refractivity contribution >= 4 is 11.9 Å². The van der Waals surface area contributed by atoms with Gasteiger partial charge in [0.2, 0.25) is 0 Å². The van der Waals surface area contributed by atoms with Gasteiger partial charge in [-0.3, -0.25) is 9.92 Å². The molecule has 0 rings (SSSR count). The fraction of sp³-hybridized carbons (Fsp3) is 1.00. The van der Waals surface area contributed by atoms with Gasteiger partial charge in [-0.15, -0.1) is 0 Å². The van der Waals surface area contributed by atoms with Crippen LogP contribution in [0.3, 0.4) is 0 Å². The average molecular weight is 228 g/mol. The van der Waals surface area contributed by atoms with Crippen molar-refractivity contribution in [3.8, 4) is 0 Å². The van der Waals surface area contributed by atoms with Gasteiger partial charge in [0.15, 0.2) is 0 Å². The topological polar surface area (TPSA) is 107 Å². The molecule has 0 unspecified atom stereocenters. The van der Waals surface area contributed by atoms with Gasteiger partial charge < -0.3 is 10.2 Å². The molecule has 0 bridgehead atoms. The summed E-state index contributed by atoms with van der Waals surface area (Å²) in [5.74, 6) is 0. The molecule has 0 aromatic carbocycles. The number of aliphatic hydroxyl groups is 2. The zero-order valence-electron chi connectivity index (χ0n) is 6.48. The summed E-state index contributed by atoms with van der Waals surface area (Å²) in [6.45, 7) is 0. The van der Waals surface area contributed by atoms with Gasteiger partial charge in [0.25, 0.3) is 0 Å². The van der Waals surface area contributed by atoms with E-state index in [2.05, 4.69) is 16.8 Å². The first kappa shape index (κ1) is 29.9. The molecule has 0 aliphatic rings. The van der Waals surface area contributed by atoms with Crippen LogP contribution in [0.2, 0.25) is 0 Å². The van der Waals surface area contributed by atoms with Crippen LogP contribution in [0.5, 0.6) is 0 Å². The zero-order valence-corrected chi connectivity index (χ0v) is 8.80. The van der Waals surface area contributed by atoms with E-state index in [1.165, 1.54) is 7.11 Å². The molecule has 0 aliphatic heterocycles. The summed E-state index contributed by atoms with van der Waals surface area (Å²) in [6.07, 6.45) is 0. The fourth-order valence-corrected chi connectivity index (χ4v) is 0. The Morgan fingerprint density at radius 2 is 1.09 bits per heavy atom. The Morgan fingerprint density at radius 3 is 1.09 bits per heavy atom. The van der Waals surface area contributed by atoms with Crippen molar-refractivity contribution in [1.29, 1.82) is 0 Å². The van der Waals surface area contributed by atoms with E-state index in [0.29, 0.717) is 0 Å². The second-order valence-electron chi connectivity index (χ2n) is 0.183. The first-order chi connectivity index (χ1) is 5.41. The first-order valence-corrected chi connectivity index (χ1v) is 2.83. The standard InChI is InChI=1S/CH4O2.2CH4O.ClHO.O.Ti/c1-3-2;3*1-2;;/h2H,1H3;2*2H,1H3;2H;;. The second-order valence-corrected chi connectivity index (χ2v) is 0.183. The van der Waals surface area contributed by atoms with Gasteiger partial charge in [-0.25, -0.2) is 4.89 Å². The molecule has 0 atom stereocenters. The van der Waals surface area contributed by atoms with Crippen molar-refractivity contribution in [2.45, 2.75) is 0 Å². The number of aliphatic hydroxyl groups excluding tert-OH is 2. The molecule has 11 heavy (non-hydrogen) atoms. The molecule has 4 N–H and O–H groups in total. The molecular formula is C3H13ClO6Ti. The van der Waals surface area contributed by atoms with Crippen LogP contribution in [0.1, 0.15) is 0 Å². The Labute approximate surface area is 82.2 Å². The SMILES string of the molecule is CO.CO.COO.OCl.[O]=[Ti]. The van der Waals surface area contributed by atoms with E-state index in [4.69, 9.17) is 23.5 Å². The summed E-state index contributed by atoms with van der Waals surface area (Å²) in [6, 6.07) is 0. The van der Waals surface area contributed by atoms with Crippen molar-refractivity contribution in [2.75, 3.05) is 21.3 Å². The zero-order chi connectivity index (χ0) is 10.7. The third kappa shape index (κ3) is 2150.